The highest BCUT2D eigenvalue weighted by molar-refractivity contribution is 6.33. The minimum absolute atomic E-state index is 0.0360. The summed E-state index contributed by atoms with van der Waals surface area (Å²) in [7, 11) is 0. The van der Waals surface area contributed by atoms with Gasteiger partial charge in [-0.15, -0.1) is 0 Å². The van der Waals surface area contributed by atoms with Crippen LogP contribution in [0.15, 0.2) is 18.2 Å². The van der Waals surface area contributed by atoms with Gasteiger partial charge in [0.05, 0.1) is 10.7 Å². The largest absolute Gasteiger partial charge is 0.352 e. The Labute approximate surface area is 155 Å². The SMILES string of the molecule is CC(C)CCNC(=O)c1ccc(Cl)c(NC(=O)CCC2CCCC2)c1. The quantitative estimate of drug-likeness (QED) is 0.680. The molecule has 0 aromatic heterocycles. The van der Waals surface area contributed by atoms with Gasteiger partial charge in [-0.1, -0.05) is 51.1 Å². The van der Waals surface area contributed by atoms with E-state index in [1.54, 1.807) is 18.2 Å². The molecule has 0 saturated heterocycles. The third-order valence-corrected chi connectivity index (χ3v) is 5.09. The fourth-order valence-corrected chi connectivity index (χ4v) is 3.35. The molecule has 0 heterocycles. The molecule has 0 unspecified atom stereocenters. The Morgan fingerprint density at radius 1 is 1.24 bits per heavy atom. The fourth-order valence-electron chi connectivity index (χ4n) is 3.19. The average Bonchev–Trinajstić information content (AvgIpc) is 3.08. The van der Waals surface area contributed by atoms with Gasteiger partial charge in [0.1, 0.15) is 0 Å². The minimum atomic E-state index is -0.140. The van der Waals surface area contributed by atoms with Crippen LogP contribution in [0.4, 0.5) is 5.69 Å². The van der Waals surface area contributed by atoms with Crippen LogP contribution in [0, 0.1) is 11.8 Å². The summed E-state index contributed by atoms with van der Waals surface area (Å²) in [5.74, 6) is 1.05. The number of hydrogen-bond donors (Lipinski definition) is 2. The summed E-state index contributed by atoms with van der Waals surface area (Å²) in [4.78, 5) is 24.4. The van der Waals surface area contributed by atoms with Gasteiger partial charge in [0.2, 0.25) is 5.91 Å². The van der Waals surface area contributed by atoms with Gasteiger partial charge in [-0.25, -0.2) is 0 Å². The summed E-state index contributed by atoms with van der Waals surface area (Å²) < 4.78 is 0. The highest BCUT2D eigenvalue weighted by Gasteiger charge is 2.17. The molecule has 138 valence electrons. The summed E-state index contributed by atoms with van der Waals surface area (Å²) in [5.41, 5.74) is 1.02. The summed E-state index contributed by atoms with van der Waals surface area (Å²) in [6, 6.07) is 4.99. The average molecular weight is 365 g/mol. The Bertz CT molecular complexity index is 595. The van der Waals surface area contributed by atoms with Crippen LogP contribution < -0.4 is 10.6 Å². The number of amides is 2. The monoisotopic (exact) mass is 364 g/mol. The molecule has 25 heavy (non-hydrogen) atoms. The molecular weight excluding hydrogens is 336 g/mol. The predicted molar refractivity (Wildman–Crippen MR) is 103 cm³/mol. The van der Waals surface area contributed by atoms with Crippen LogP contribution in [0.2, 0.25) is 5.02 Å². The molecule has 1 aliphatic rings. The second-order valence-electron chi connectivity index (χ2n) is 7.37. The third kappa shape index (κ3) is 6.69. The van der Waals surface area contributed by atoms with E-state index in [0.29, 0.717) is 41.1 Å². The molecule has 1 aromatic carbocycles. The molecule has 0 radical (unpaired) electrons. The lowest BCUT2D eigenvalue weighted by Crippen LogP contribution is -2.25. The van der Waals surface area contributed by atoms with Crippen LogP contribution in [-0.2, 0) is 4.79 Å². The standard InChI is InChI=1S/C20H29ClN2O2/c1-14(2)11-12-22-20(25)16-8-9-17(21)18(13-16)23-19(24)10-7-15-5-3-4-6-15/h8-9,13-15H,3-7,10-12H2,1-2H3,(H,22,25)(H,23,24). The lowest BCUT2D eigenvalue weighted by molar-refractivity contribution is -0.116. The third-order valence-electron chi connectivity index (χ3n) is 4.76. The number of nitrogens with one attached hydrogen (secondary N) is 2. The molecule has 1 fully saturated rings. The van der Waals surface area contributed by atoms with Crippen molar-refractivity contribution in [3.8, 4) is 0 Å². The molecule has 1 aliphatic carbocycles. The van der Waals surface area contributed by atoms with E-state index >= 15 is 0 Å². The van der Waals surface area contributed by atoms with Crippen molar-refractivity contribution in [2.24, 2.45) is 11.8 Å². The molecule has 0 spiro atoms. The van der Waals surface area contributed by atoms with Crippen molar-refractivity contribution in [2.75, 3.05) is 11.9 Å². The Morgan fingerprint density at radius 3 is 2.64 bits per heavy atom. The van der Waals surface area contributed by atoms with Gasteiger partial charge in [0.25, 0.3) is 5.91 Å². The van der Waals surface area contributed by atoms with Crippen LogP contribution >= 0.6 is 11.6 Å². The summed E-state index contributed by atoms with van der Waals surface area (Å²) in [6.45, 7) is 4.88. The van der Waals surface area contributed by atoms with Crippen molar-refractivity contribution >= 4 is 29.1 Å². The van der Waals surface area contributed by atoms with E-state index in [0.717, 1.165) is 12.8 Å². The highest BCUT2D eigenvalue weighted by atomic mass is 35.5. The molecule has 0 atom stereocenters. The molecule has 0 aliphatic heterocycles. The number of rotatable bonds is 8. The molecule has 2 N–H and O–H groups in total. The summed E-state index contributed by atoms with van der Waals surface area (Å²) in [5, 5.41) is 6.20. The van der Waals surface area contributed by atoms with E-state index in [1.165, 1.54) is 25.7 Å². The van der Waals surface area contributed by atoms with E-state index in [1.807, 2.05) is 0 Å². The first-order chi connectivity index (χ1) is 12.0. The molecule has 1 saturated carbocycles. The summed E-state index contributed by atoms with van der Waals surface area (Å²) in [6.07, 6.45) is 7.41. The lowest BCUT2D eigenvalue weighted by Gasteiger charge is -2.12. The van der Waals surface area contributed by atoms with E-state index in [9.17, 15) is 9.59 Å². The van der Waals surface area contributed by atoms with Gasteiger partial charge < -0.3 is 10.6 Å². The maximum Gasteiger partial charge on any atom is 0.251 e. The zero-order chi connectivity index (χ0) is 18.2. The van der Waals surface area contributed by atoms with Gasteiger partial charge in [-0.2, -0.15) is 0 Å². The Hall–Kier alpha value is -1.55. The van der Waals surface area contributed by atoms with Crippen molar-refractivity contribution in [1.82, 2.24) is 5.32 Å². The minimum Gasteiger partial charge on any atom is -0.352 e. The van der Waals surface area contributed by atoms with Crippen LogP contribution in [0.3, 0.4) is 0 Å². The van der Waals surface area contributed by atoms with Crippen LogP contribution in [-0.4, -0.2) is 18.4 Å². The van der Waals surface area contributed by atoms with Gasteiger partial charge in [-0.05, 0) is 42.9 Å². The topological polar surface area (TPSA) is 58.2 Å². The first-order valence-corrected chi connectivity index (χ1v) is 9.71. The van der Waals surface area contributed by atoms with Gasteiger partial charge in [-0.3, -0.25) is 9.59 Å². The normalized spacial score (nSPS) is 14.7. The van der Waals surface area contributed by atoms with Crippen LogP contribution in [0.25, 0.3) is 0 Å². The van der Waals surface area contributed by atoms with E-state index < -0.39 is 0 Å². The Kier molecular flexibility index (Phi) is 7.76. The second kappa shape index (κ2) is 9.81. The molecule has 4 nitrogen and oxygen atoms in total. The van der Waals surface area contributed by atoms with Gasteiger partial charge in [0, 0.05) is 18.5 Å². The number of carbonyl (C=O) groups is 2. The molecular formula is C20H29ClN2O2. The molecule has 2 amide bonds. The van der Waals surface area contributed by atoms with Crippen molar-refractivity contribution in [2.45, 2.75) is 58.8 Å². The number of halogens is 1. The molecule has 0 bridgehead atoms. The van der Waals surface area contributed by atoms with E-state index in [2.05, 4.69) is 24.5 Å². The maximum absolute atomic E-state index is 12.2. The predicted octanol–water partition coefficient (Wildman–Crippen LogP) is 5.02. The van der Waals surface area contributed by atoms with Crippen molar-refractivity contribution in [3.63, 3.8) is 0 Å². The van der Waals surface area contributed by atoms with Gasteiger partial charge >= 0.3 is 0 Å². The smallest absolute Gasteiger partial charge is 0.251 e. The lowest BCUT2D eigenvalue weighted by atomic mass is 10.0. The van der Waals surface area contributed by atoms with Crippen molar-refractivity contribution < 1.29 is 9.59 Å². The van der Waals surface area contributed by atoms with Crippen molar-refractivity contribution in [1.29, 1.82) is 0 Å². The van der Waals surface area contributed by atoms with E-state index in [4.69, 9.17) is 11.6 Å². The second-order valence-corrected chi connectivity index (χ2v) is 7.78. The maximum atomic E-state index is 12.2. The Morgan fingerprint density at radius 2 is 1.96 bits per heavy atom. The first-order valence-electron chi connectivity index (χ1n) is 9.33. The number of anilines is 1. The zero-order valence-corrected chi connectivity index (χ0v) is 16.0. The molecule has 1 aromatic rings. The van der Waals surface area contributed by atoms with Crippen LogP contribution in [0.1, 0.15) is 69.2 Å². The van der Waals surface area contributed by atoms with Gasteiger partial charge in [0.15, 0.2) is 0 Å². The van der Waals surface area contributed by atoms with Crippen LogP contribution in [0.5, 0.6) is 0 Å². The van der Waals surface area contributed by atoms with E-state index in [-0.39, 0.29) is 11.8 Å². The number of benzene rings is 1. The Balaban J connectivity index is 1.88. The highest BCUT2D eigenvalue weighted by Crippen LogP contribution is 2.29. The molecule has 2 rings (SSSR count). The zero-order valence-electron chi connectivity index (χ0n) is 15.2. The number of hydrogen-bond acceptors (Lipinski definition) is 2. The first kappa shape index (κ1) is 19.8. The molecule has 5 heteroatoms. The van der Waals surface area contributed by atoms with Crippen molar-refractivity contribution in [3.05, 3.63) is 28.8 Å². The summed E-state index contributed by atoms with van der Waals surface area (Å²) >= 11 is 6.17. The fraction of sp³-hybridized carbons (Fsp3) is 0.600. The number of carbonyl (C=O) groups excluding carboxylic acids is 2.